The lowest BCUT2D eigenvalue weighted by molar-refractivity contribution is -0.137. The van der Waals surface area contributed by atoms with Gasteiger partial charge in [0.25, 0.3) is 0 Å². The summed E-state index contributed by atoms with van der Waals surface area (Å²) < 4.78 is 5.77. The van der Waals surface area contributed by atoms with Gasteiger partial charge in [-0.2, -0.15) is 0 Å². The van der Waals surface area contributed by atoms with Crippen LogP contribution < -0.4 is 0 Å². The normalized spacial score (nSPS) is 21.5. The minimum Gasteiger partial charge on any atom is -0.425 e. The summed E-state index contributed by atoms with van der Waals surface area (Å²) in [7, 11) is 0. The molecule has 0 atom stereocenters. The van der Waals surface area contributed by atoms with Crippen LogP contribution in [-0.2, 0) is 4.79 Å². The molecule has 22 heavy (non-hydrogen) atoms. The van der Waals surface area contributed by atoms with Crippen LogP contribution in [-0.4, -0.2) is 34.1 Å². The zero-order chi connectivity index (χ0) is 15.5. The van der Waals surface area contributed by atoms with Crippen LogP contribution in [0.4, 0.5) is 0 Å². The van der Waals surface area contributed by atoms with Crippen LogP contribution in [0.15, 0.2) is 4.42 Å². The van der Waals surface area contributed by atoms with Crippen molar-refractivity contribution >= 4 is 5.91 Å². The van der Waals surface area contributed by atoms with Gasteiger partial charge in [0.1, 0.15) is 0 Å². The Morgan fingerprint density at radius 3 is 2.36 bits per heavy atom. The molecule has 1 saturated heterocycles. The second-order valence-electron chi connectivity index (χ2n) is 7.07. The molecule has 122 valence electrons. The Morgan fingerprint density at radius 1 is 1.09 bits per heavy atom. The van der Waals surface area contributed by atoms with Crippen LogP contribution in [0.5, 0.6) is 0 Å². The lowest BCUT2D eigenvalue weighted by Crippen LogP contribution is -2.41. The van der Waals surface area contributed by atoms with Crippen molar-refractivity contribution in [2.24, 2.45) is 5.92 Å². The number of carbonyl (C=O) groups is 1. The van der Waals surface area contributed by atoms with Gasteiger partial charge in [-0.15, -0.1) is 10.2 Å². The number of aromatic nitrogens is 2. The fraction of sp³-hybridized carbons (Fsp3) is 0.824. The van der Waals surface area contributed by atoms with Crippen molar-refractivity contribution in [1.82, 2.24) is 15.1 Å². The van der Waals surface area contributed by atoms with Crippen LogP contribution in [0.3, 0.4) is 0 Å². The van der Waals surface area contributed by atoms with Crippen LogP contribution in [0, 0.1) is 5.92 Å². The molecule has 1 aliphatic heterocycles. The minimum absolute atomic E-state index is 0.272. The van der Waals surface area contributed by atoms with Crippen molar-refractivity contribution in [2.75, 3.05) is 13.1 Å². The molecular formula is C17H27N3O2. The van der Waals surface area contributed by atoms with E-state index in [0.717, 1.165) is 50.6 Å². The van der Waals surface area contributed by atoms with Crippen LogP contribution >= 0.6 is 0 Å². The average molecular weight is 305 g/mol. The van der Waals surface area contributed by atoms with Crippen molar-refractivity contribution < 1.29 is 9.21 Å². The smallest absolute Gasteiger partial charge is 0.225 e. The molecule has 0 aromatic carbocycles. The van der Waals surface area contributed by atoms with Gasteiger partial charge in [0.15, 0.2) is 0 Å². The third-order valence-electron chi connectivity index (χ3n) is 5.06. The highest BCUT2D eigenvalue weighted by atomic mass is 16.4. The molecular weight excluding hydrogens is 278 g/mol. The van der Waals surface area contributed by atoms with Crippen LogP contribution in [0.1, 0.15) is 82.4 Å². The van der Waals surface area contributed by atoms with E-state index < -0.39 is 0 Å². The van der Waals surface area contributed by atoms with Crippen molar-refractivity contribution in [3.8, 4) is 0 Å². The maximum atomic E-state index is 12.6. The third kappa shape index (κ3) is 3.33. The zero-order valence-corrected chi connectivity index (χ0v) is 13.8. The van der Waals surface area contributed by atoms with E-state index in [-0.39, 0.29) is 11.8 Å². The highest BCUT2D eigenvalue weighted by molar-refractivity contribution is 5.79. The van der Waals surface area contributed by atoms with Gasteiger partial charge in [0.05, 0.1) is 0 Å². The lowest BCUT2D eigenvalue weighted by Gasteiger charge is -2.34. The number of carbonyl (C=O) groups excluding carboxylic acids is 1. The van der Waals surface area contributed by atoms with Crippen molar-refractivity contribution in [3.63, 3.8) is 0 Å². The second kappa shape index (κ2) is 6.80. The van der Waals surface area contributed by atoms with Gasteiger partial charge >= 0.3 is 0 Å². The van der Waals surface area contributed by atoms with Gasteiger partial charge in [-0.1, -0.05) is 33.1 Å². The topological polar surface area (TPSA) is 59.2 Å². The number of piperidine rings is 1. The number of hydrogen-bond donors (Lipinski definition) is 0. The van der Waals surface area contributed by atoms with E-state index in [2.05, 4.69) is 28.9 Å². The largest absolute Gasteiger partial charge is 0.425 e. The zero-order valence-electron chi connectivity index (χ0n) is 13.8. The Kier molecular flexibility index (Phi) is 4.79. The molecule has 1 saturated carbocycles. The highest BCUT2D eigenvalue weighted by Crippen LogP contribution is 2.31. The van der Waals surface area contributed by atoms with E-state index in [0.29, 0.717) is 11.8 Å². The van der Waals surface area contributed by atoms with E-state index in [9.17, 15) is 4.79 Å². The molecule has 5 nitrogen and oxygen atoms in total. The predicted molar refractivity (Wildman–Crippen MR) is 83.5 cm³/mol. The fourth-order valence-electron chi connectivity index (χ4n) is 3.60. The summed E-state index contributed by atoms with van der Waals surface area (Å²) in [6.45, 7) is 5.78. The highest BCUT2D eigenvalue weighted by Gasteiger charge is 2.31. The standard InChI is InChI=1S/C17H27N3O2/c1-12(2)15-18-19-16(22-15)13-8-10-20(11-9-13)17(21)14-6-4-3-5-7-14/h12-14H,3-11H2,1-2H3. The summed E-state index contributed by atoms with van der Waals surface area (Å²) in [5, 5.41) is 8.32. The third-order valence-corrected chi connectivity index (χ3v) is 5.06. The molecule has 0 spiro atoms. The number of amides is 1. The van der Waals surface area contributed by atoms with Gasteiger partial charge in [0, 0.05) is 30.8 Å². The van der Waals surface area contributed by atoms with Gasteiger partial charge in [-0.05, 0) is 25.7 Å². The Morgan fingerprint density at radius 2 is 1.77 bits per heavy atom. The number of rotatable bonds is 3. The molecule has 1 amide bonds. The summed E-state index contributed by atoms with van der Waals surface area (Å²) >= 11 is 0. The molecule has 2 aliphatic rings. The molecule has 5 heteroatoms. The molecule has 0 radical (unpaired) electrons. The van der Waals surface area contributed by atoms with Gasteiger partial charge in [-0.3, -0.25) is 4.79 Å². The molecule has 1 aromatic rings. The minimum atomic E-state index is 0.272. The number of likely N-dealkylation sites (tertiary alicyclic amines) is 1. The van der Waals surface area contributed by atoms with E-state index in [1.54, 1.807) is 0 Å². The molecule has 0 unspecified atom stereocenters. The monoisotopic (exact) mass is 305 g/mol. The quantitative estimate of drug-likeness (QED) is 0.858. The van der Waals surface area contributed by atoms with Crippen LogP contribution in [0.2, 0.25) is 0 Å². The molecule has 1 aromatic heterocycles. The molecule has 2 heterocycles. The predicted octanol–water partition coefficient (Wildman–Crippen LogP) is 3.48. The van der Waals surface area contributed by atoms with Gasteiger partial charge in [-0.25, -0.2) is 0 Å². The Balaban J connectivity index is 1.54. The summed E-state index contributed by atoms with van der Waals surface area (Å²) in [6.07, 6.45) is 7.78. The number of hydrogen-bond acceptors (Lipinski definition) is 4. The molecule has 0 bridgehead atoms. The second-order valence-corrected chi connectivity index (χ2v) is 7.07. The average Bonchev–Trinajstić information content (AvgIpc) is 3.05. The fourth-order valence-corrected chi connectivity index (χ4v) is 3.60. The first-order chi connectivity index (χ1) is 10.6. The lowest BCUT2D eigenvalue weighted by atomic mass is 9.87. The van der Waals surface area contributed by atoms with Crippen molar-refractivity contribution in [1.29, 1.82) is 0 Å². The molecule has 0 N–H and O–H groups in total. The van der Waals surface area contributed by atoms with Crippen molar-refractivity contribution in [3.05, 3.63) is 11.8 Å². The van der Waals surface area contributed by atoms with Gasteiger partial charge in [0.2, 0.25) is 17.7 Å². The molecule has 1 aliphatic carbocycles. The summed E-state index contributed by atoms with van der Waals surface area (Å²) in [4.78, 5) is 14.6. The first-order valence-electron chi connectivity index (χ1n) is 8.77. The SMILES string of the molecule is CC(C)c1nnc(C2CCN(C(=O)C3CCCCC3)CC2)o1. The maximum absolute atomic E-state index is 12.6. The Bertz CT molecular complexity index is 498. The Labute approximate surface area is 132 Å². The summed E-state index contributed by atoms with van der Waals surface area (Å²) in [5.41, 5.74) is 0. The van der Waals surface area contributed by atoms with E-state index in [4.69, 9.17) is 4.42 Å². The summed E-state index contributed by atoms with van der Waals surface area (Å²) in [6, 6.07) is 0. The Hall–Kier alpha value is -1.39. The first-order valence-corrected chi connectivity index (χ1v) is 8.77. The van der Waals surface area contributed by atoms with E-state index in [1.807, 2.05) is 0 Å². The first kappa shape index (κ1) is 15.5. The summed E-state index contributed by atoms with van der Waals surface area (Å²) in [5.74, 6) is 2.72. The number of nitrogens with zero attached hydrogens (tertiary/aromatic N) is 3. The molecule has 2 fully saturated rings. The van der Waals surface area contributed by atoms with Gasteiger partial charge < -0.3 is 9.32 Å². The van der Waals surface area contributed by atoms with E-state index >= 15 is 0 Å². The maximum Gasteiger partial charge on any atom is 0.225 e. The van der Waals surface area contributed by atoms with Crippen LogP contribution in [0.25, 0.3) is 0 Å². The van der Waals surface area contributed by atoms with Crippen molar-refractivity contribution in [2.45, 2.75) is 70.6 Å². The molecule has 3 rings (SSSR count). The van der Waals surface area contributed by atoms with E-state index in [1.165, 1.54) is 19.3 Å².